The summed E-state index contributed by atoms with van der Waals surface area (Å²) in [6.07, 6.45) is 1.74. The number of hydrogen-bond acceptors (Lipinski definition) is 3. The van der Waals surface area contributed by atoms with Gasteiger partial charge in [-0.2, -0.15) is 0 Å². The first-order valence-electron chi connectivity index (χ1n) is 8.41. The van der Waals surface area contributed by atoms with Crippen LogP contribution in [0.1, 0.15) is 23.6 Å². The van der Waals surface area contributed by atoms with Crippen LogP contribution in [0.4, 0.5) is 5.69 Å². The van der Waals surface area contributed by atoms with Crippen molar-refractivity contribution < 1.29 is 14.3 Å². The van der Waals surface area contributed by atoms with Crippen LogP contribution in [0.5, 0.6) is 0 Å². The lowest BCUT2D eigenvalue weighted by Crippen LogP contribution is -2.24. The summed E-state index contributed by atoms with van der Waals surface area (Å²) in [4.78, 5) is 27.1. The predicted octanol–water partition coefficient (Wildman–Crippen LogP) is 4.18. The number of aryl methyl sites for hydroxylation is 2. The number of benzene rings is 2. The van der Waals surface area contributed by atoms with Crippen LogP contribution in [-0.4, -0.2) is 19.0 Å². The summed E-state index contributed by atoms with van der Waals surface area (Å²) >= 11 is 0. The molecule has 0 saturated carbocycles. The number of carbonyl (C=O) groups excluding carboxylic acids is 2. The number of carbonyl (C=O) groups is 2. The molecule has 4 nitrogen and oxygen atoms in total. The molecule has 4 heteroatoms. The molecule has 0 radical (unpaired) electrons. The lowest BCUT2D eigenvalue weighted by molar-refractivity contribution is -0.136. The maximum absolute atomic E-state index is 13.2. The Labute approximate surface area is 153 Å². The minimum absolute atomic E-state index is 0.225. The second-order valence-electron chi connectivity index (χ2n) is 6.41. The summed E-state index contributed by atoms with van der Waals surface area (Å²) in [6.45, 7) is 5.74. The van der Waals surface area contributed by atoms with Crippen LogP contribution >= 0.6 is 0 Å². The molecule has 1 aliphatic rings. The van der Waals surface area contributed by atoms with E-state index in [0.717, 1.165) is 22.4 Å². The topological polar surface area (TPSA) is 46.6 Å². The van der Waals surface area contributed by atoms with Gasteiger partial charge in [-0.05, 0) is 55.7 Å². The number of anilines is 1. The fourth-order valence-electron chi connectivity index (χ4n) is 3.29. The SMILES string of the molecule is COC(=O)C1=C(C)N(c2cc(C)cc(C)c2)C(=O)/C1=C\c1ccccc1. The molecule has 0 atom stereocenters. The highest BCUT2D eigenvalue weighted by atomic mass is 16.5. The van der Waals surface area contributed by atoms with Gasteiger partial charge in [-0.15, -0.1) is 0 Å². The van der Waals surface area contributed by atoms with Gasteiger partial charge in [0.05, 0.1) is 18.3 Å². The Bertz CT molecular complexity index is 919. The molecule has 132 valence electrons. The van der Waals surface area contributed by atoms with Gasteiger partial charge in [0.25, 0.3) is 5.91 Å². The molecule has 0 aliphatic carbocycles. The Morgan fingerprint density at radius 2 is 1.62 bits per heavy atom. The number of ether oxygens (including phenoxy) is 1. The van der Waals surface area contributed by atoms with E-state index >= 15 is 0 Å². The standard InChI is InChI=1S/C22H21NO3/c1-14-10-15(2)12-18(11-14)23-16(3)20(22(25)26-4)19(21(23)24)13-17-8-6-5-7-9-17/h5-13H,1-4H3/b19-13-. The van der Waals surface area contributed by atoms with Gasteiger partial charge in [-0.25, -0.2) is 4.79 Å². The number of esters is 1. The zero-order valence-corrected chi connectivity index (χ0v) is 15.4. The Balaban J connectivity index is 2.17. The first-order valence-corrected chi connectivity index (χ1v) is 8.41. The molecule has 2 aromatic carbocycles. The number of rotatable bonds is 3. The van der Waals surface area contributed by atoms with E-state index in [1.54, 1.807) is 17.9 Å². The largest absolute Gasteiger partial charge is 0.465 e. The highest BCUT2D eigenvalue weighted by molar-refractivity contribution is 6.23. The third-order valence-electron chi connectivity index (χ3n) is 4.36. The molecule has 0 unspecified atom stereocenters. The van der Waals surface area contributed by atoms with Crippen molar-refractivity contribution in [3.63, 3.8) is 0 Å². The van der Waals surface area contributed by atoms with Gasteiger partial charge in [0.1, 0.15) is 0 Å². The van der Waals surface area contributed by atoms with E-state index in [9.17, 15) is 9.59 Å². The third-order valence-corrected chi connectivity index (χ3v) is 4.36. The van der Waals surface area contributed by atoms with Gasteiger partial charge >= 0.3 is 5.97 Å². The first-order chi connectivity index (χ1) is 12.4. The summed E-state index contributed by atoms with van der Waals surface area (Å²) in [5.41, 5.74) is 4.95. The molecule has 0 fully saturated rings. The molecule has 1 amide bonds. The van der Waals surface area contributed by atoms with Crippen LogP contribution in [0, 0.1) is 13.8 Å². The molecular weight excluding hydrogens is 326 g/mol. The summed E-state index contributed by atoms with van der Waals surface area (Å²) < 4.78 is 4.94. The van der Waals surface area contributed by atoms with Crippen LogP contribution < -0.4 is 4.90 Å². The van der Waals surface area contributed by atoms with Crippen LogP contribution in [0.15, 0.2) is 65.4 Å². The fraction of sp³-hybridized carbons (Fsp3) is 0.182. The average Bonchev–Trinajstić information content (AvgIpc) is 2.84. The number of allylic oxidation sites excluding steroid dienone is 1. The second-order valence-corrected chi connectivity index (χ2v) is 6.41. The third kappa shape index (κ3) is 3.18. The molecule has 2 aromatic rings. The predicted molar refractivity (Wildman–Crippen MR) is 103 cm³/mol. The lowest BCUT2D eigenvalue weighted by atomic mass is 10.0. The van der Waals surface area contributed by atoms with Crippen molar-refractivity contribution >= 4 is 23.6 Å². The van der Waals surface area contributed by atoms with Crippen LogP contribution in [-0.2, 0) is 14.3 Å². The van der Waals surface area contributed by atoms with E-state index < -0.39 is 5.97 Å². The van der Waals surface area contributed by atoms with Crippen LogP contribution in [0.2, 0.25) is 0 Å². The molecule has 0 N–H and O–H groups in total. The molecule has 0 bridgehead atoms. The Hall–Kier alpha value is -3.14. The van der Waals surface area contributed by atoms with Crippen LogP contribution in [0.25, 0.3) is 6.08 Å². The van der Waals surface area contributed by atoms with Gasteiger partial charge in [-0.3, -0.25) is 9.69 Å². The molecular formula is C22H21NO3. The van der Waals surface area contributed by atoms with E-state index in [-0.39, 0.29) is 5.91 Å². The summed E-state index contributed by atoms with van der Waals surface area (Å²) in [5, 5.41) is 0. The number of nitrogens with zero attached hydrogens (tertiary/aromatic N) is 1. The monoisotopic (exact) mass is 347 g/mol. The van der Waals surface area contributed by atoms with Crippen molar-refractivity contribution in [1.82, 2.24) is 0 Å². The molecule has 0 aromatic heterocycles. The second kappa shape index (κ2) is 7.00. The summed E-state index contributed by atoms with van der Waals surface area (Å²) in [6, 6.07) is 15.4. The van der Waals surface area contributed by atoms with E-state index in [4.69, 9.17) is 4.74 Å². The minimum Gasteiger partial charge on any atom is -0.465 e. The molecule has 3 rings (SSSR count). The zero-order valence-electron chi connectivity index (χ0n) is 15.4. The van der Waals surface area contributed by atoms with Crippen LogP contribution in [0.3, 0.4) is 0 Å². The summed E-state index contributed by atoms with van der Waals surface area (Å²) in [5.74, 6) is -0.735. The van der Waals surface area contributed by atoms with E-state index in [1.165, 1.54) is 7.11 Å². The van der Waals surface area contributed by atoms with Gasteiger partial charge < -0.3 is 4.74 Å². The Morgan fingerprint density at radius 3 is 2.19 bits per heavy atom. The number of methoxy groups -OCH3 is 1. The van der Waals surface area contributed by atoms with Gasteiger partial charge in [-0.1, -0.05) is 36.4 Å². The molecule has 0 spiro atoms. The highest BCUT2D eigenvalue weighted by Crippen LogP contribution is 2.36. The van der Waals surface area contributed by atoms with E-state index in [1.807, 2.05) is 62.4 Å². The van der Waals surface area contributed by atoms with Crippen molar-refractivity contribution in [3.8, 4) is 0 Å². The van der Waals surface area contributed by atoms with Crippen molar-refractivity contribution in [3.05, 3.63) is 82.1 Å². The average molecular weight is 347 g/mol. The maximum Gasteiger partial charge on any atom is 0.340 e. The van der Waals surface area contributed by atoms with Gasteiger partial charge in [0.15, 0.2) is 0 Å². The van der Waals surface area contributed by atoms with Crippen molar-refractivity contribution in [1.29, 1.82) is 0 Å². The normalized spacial score (nSPS) is 15.8. The van der Waals surface area contributed by atoms with E-state index in [0.29, 0.717) is 16.8 Å². The van der Waals surface area contributed by atoms with E-state index in [2.05, 4.69) is 0 Å². The number of hydrogen-bond donors (Lipinski definition) is 0. The molecule has 0 saturated heterocycles. The quantitative estimate of drug-likeness (QED) is 0.618. The molecule has 26 heavy (non-hydrogen) atoms. The molecule has 1 heterocycles. The first kappa shape index (κ1) is 17.7. The zero-order chi connectivity index (χ0) is 18.8. The van der Waals surface area contributed by atoms with Crippen molar-refractivity contribution in [2.75, 3.05) is 12.0 Å². The smallest absolute Gasteiger partial charge is 0.340 e. The Kier molecular flexibility index (Phi) is 4.76. The minimum atomic E-state index is -0.509. The summed E-state index contributed by atoms with van der Waals surface area (Å²) in [7, 11) is 1.33. The number of amides is 1. The molecule has 1 aliphatic heterocycles. The maximum atomic E-state index is 13.2. The Morgan fingerprint density at radius 1 is 1.00 bits per heavy atom. The van der Waals surface area contributed by atoms with Crippen molar-refractivity contribution in [2.45, 2.75) is 20.8 Å². The van der Waals surface area contributed by atoms with Gasteiger partial charge in [0, 0.05) is 11.4 Å². The van der Waals surface area contributed by atoms with Crippen molar-refractivity contribution in [2.24, 2.45) is 0 Å². The fourth-order valence-corrected chi connectivity index (χ4v) is 3.29. The lowest BCUT2D eigenvalue weighted by Gasteiger charge is -2.19. The highest BCUT2D eigenvalue weighted by Gasteiger charge is 2.37. The van der Waals surface area contributed by atoms with Gasteiger partial charge in [0.2, 0.25) is 0 Å².